The molecule has 0 unspecified atom stereocenters. The largest absolute Gasteiger partial charge is 0.497 e. The highest BCUT2D eigenvalue weighted by Gasteiger charge is 2.47. The van der Waals surface area contributed by atoms with E-state index in [4.69, 9.17) is 14.2 Å². The third-order valence-corrected chi connectivity index (χ3v) is 8.20. The minimum atomic E-state index is -3.21. The highest BCUT2D eigenvalue weighted by atomic mass is 32.2. The predicted octanol–water partition coefficient (Wildman–Crippen LogP) is 3.09. The van der Waals surface area contributed by atoms with Gasteiger partial charge in [-0.25, -0.2) is 8.42 Å². The van der Waals surface area contributed by atoms with Gasteiger partial charge in [0.05, 0.1) is 18.8 Å². The van der Waals surface area contributed by atoms with Crippen LogP contribution in [0.5, 0.6) is 17.2 Å². The minimum Gasteiger partial charge on any atom is -0.497 e. The minimum absolute atomic E-state index is 0.00626. The summed E-state index contributed by atoms with van der Waals surface area (Å²) >= 11 is 0. The average Bonchev–Trinajstić information content (AvgIpc) is 3.42. The molecule has 2 aromatic carbocycles. The second kappa shape index (κ2) is 9.61. The Bertz CT molecular complexity index is 1100. The zero-order valence-electron chi connectivity index (χ0n) is 18.8. The van der Waals surface area contributed by atoms with Crippen LogP contribution in [0, 0.1) is 5.92 Å². The Morgan fingerprint density at radius 1 is 1.09 bits per heavy atom. The van der Waals surface area contributed by atoms with Gasteiger partial charge in [-0.3, -0.25) is 9.69 Å². The standard InChI is InChI=1S/C24H29NO7S/c1-3-11-33(28,29)12-10-25-14-19(17-6-9-20-21(13-17)32-15-31-20)22(24(26)27)23(25)16-4-7-18(30-2)8-5-16/h4-9,13,19,22-23H,3,10-12,14-15H2,1-2H3,(H,26,27)/t19-,22-,23+/m0/s1. The summed E-state index contributed by atoms with van der Waals surface area (Å²) in [5.41, 5.74) is 1.66. The fourth-order valence-electron chi connectivity index (χ4n) is 4.81. The van der Waals surface area contributed by atoms with Crippen molar-refractivity contribution < 1.29 is 32.5 Å². The maximum Gasteiger partial charge on any atom is 0.309 e. The van der Waals surface area contributed by atoms with E-state index >= 15 is 0 Å². The fraction of sp³-hybridized carbons (Fsp3) is 0.458. The second-order valence-corrected chi connectivity index (χ2v) is 10.8. The molecule has 0 saturated carbocycles. The Labute approximate surface area is 194 Å². The number of likely N-dealkylation sites (tertiary alicyclic amines) is 1. The molecular weight excluding hydrogens is 446 g/mol. The molecule has 2 aliphatic heterocycles. The number of carboxylic acid groups (broad SMARTS) is 1. The monoisotopic (exact) mass is 475 g/mol. The van der Waals surface area contributed by atoms with Crippen LogP contribution in [0.2, 0.25) is 0 Å². The maximum atomic E-state index is 12.5. The first-order valence-corrected chi connectivity index (χ1v) is 12.9. The summed E-state index contributed by atoms with van der Waals surface area (Å²) in [7, 11) is -1.63. The lowest BCUT2D eigenvalue weighted by molar-refractivity contribution is -0.143. The first kappa shape index (κ1) is 23.4. The number of rotatable bonds is 9. The van der Waals surface area contributed by atoms with Gasteiger partial charge < -0.3 is 19.3 Å². The van der Waals surface area contributed by atoms with E-state index < -0.39 is 27.8 Å². The number of carbonyl (C=O) groups is 1. The Morgan fingerprint density at radius 3 is 2.45 bits per heavy atom. The number of fused-ring (bicyclic) bond motifs is 1. The first-order chi connectivity index (χ1) is 15.8. The Hall–Kier alpha value is -2.78. The summed E-state index contributed by atoms with van der Waals surface area (Å²) in [5.74, 6) is 0.0193. The fourth-order valence-corrected chi connectivity index (χ4v) is 6.15. The number of hydrogen-bond acceptors (Lipinski definition) is 7. The van der Waals surface area contributed by atoms with Gasteiger partial charge >= 0.3 is 5.97 Å². The Balaban J connectivity index is 1.70. The zero-order valence-corrected chi connectivity index (χ0v) is 19.6. The number of aliphatic carboxylic acids is 1. The average molecular weight is 476 g/mol. The molecule has 1 fully saturated rings. The lowest BCUT2D eigenvalue weighted by Gasteiger charge is -2.27. The second-order valence-electron chi connectivity index (χ2n) is 8.45. The number of carboxylic acids is 1. The summed E-state index contributed by atoms with van der Waals surface area (Å²) in [6, 6.07) is 12.3. The lowest BCUT2D eigenvalue weighted by Crippen LogP contribution is -2.32. The topological polar surface area (TPSA) is 102 Å². The summed E-state index contributed by atoms with van der Waals surface area (Å²) in [6.45, 7) is 2.67. The highest BCUT2D eigenvalue weighted by Crippen LogP contribution is 2.47. The molecule has 33 heavy (non-hydrogen) atoms. The van der Waals surface area contributed by atoms with Gasteiger partial charge in [-0.05, 0) is 41.8 Å². The van der Waals surface area contributed by atoms with E-state index in [1.165, 1.54) is 0 Å². The van der Waals surface area contributed by atoms with Crippen LogP contribution < -0.4 is 14.2 Å². The van der Waals surface area contributed by atoms with Crippen molar-refractivity contribution in [1.29, 1.82) is 0 Å². The third kappa shape index (κ3) is 4.94. The summed E-state index contributed by atoms with van der Waals surface area (Å²) in [5, 5.41) is 10.3. The maximum absolute atomic E-state index is 12.5. The summed E-state index contributed by atoms with van der Waals surface area (Å²) < 4.78 is 41.0. The van der Waals surface area contributed by atoms with E-state index in [2.05, 4.69) is 0 Å². The Kier molecular flexibility index (Phi) is 6.81. The molecule has 178 valence electrons. The van der Waals surface area contributed by atoms with E-state index in [9.17, 15) is 18.3 Å². The van der Waals surface area contributed by atoms with Crippen LogP contribution in [0.15, 0.2) is 42.5 Å². The van der Waals surface area contributed by atoms with Crippen molar-refractivity contribution >= 4 is 15.8 Å². The first-order valence-electron chi connectivity index (χ1n) is 11.0. The molecule has 2 aromatic rings. The summed E-state index contributed by atoms with van der Waals surface area (Å²) in [4.78, 5) is 14.5. The molecule has 1 N–H and O–H groups in total. The van der Waals surface area contributed by atoms with Gasteiger partial charge in [0.2, 0.25) is 6.79 Å². The lowest BCUT2D eigenvalue weighted by atomic mass is 9.83. The zero-order chi connectivity index (χ0) is 23.6. The van der Waals surface area contributed by atoms with Crippen LogP contribution in [0.4, 0.5) is 0 Å². The molecule has 4 rings (SSSR count). The molecule has 0 radical (unpaired) electrons. The quantitative estimate of drug-likeness (QED) is 0.590. The molecule has 8 nitrogen and oxygen atoms in total. The number of methoxy groups -OCH3 is 1. The van der Waals surface area contributed by atoms with Crippen LogP contribution in [-0.4, -0.2) is 62.9 Å². The summed E-state index contributed by atoms with van der Waals surface area (Å²) in [6.07, 6.45) is 0.557. The van der Waals surface area contributed by atoms with Gasteiger partial charge in [-0.1, -0.05) is 25.1 Å². The smallest absolute Gasteiger partial charge is 0.309 e. The van der Waals surface area contributed by atoms with Crippen LogP contribution in [-0.2, 0) is 14.6 Å². The van der Waals surface area contributed by atoms with E-state index in [-0.39, 0.29) is 30.8 Å². The molecule has 0 bridgehead atoms. The molecule has 1 saturated heterocycles. The molecule has 9 heteroatoms. The molecule has 2 aliphatic rings. The Morgan fingerprint density at radius 2 is 1.79 bits per heavy atom. The molecule has 0 amide bonds. The van der Waals surface area contributed by atoms with Crippen LogP contribution in [0.25, 0.3) is 0 Å². The van der Waals surface area contributed by atoms with E-state index in [1.807, 2.05) is 36.1 Å². The van der Waals surface area contributed by atoms with E-state index in [0.29, 0.717) is 30.2 Å². The van der Waals surface area contributed by atoms with E-state index in [1.54, 1.807) is 25.3 Å². The van der Waals surface area contributed by atoms with Gasteiger partial charge in [0.25, 0.3) is 0 Å². The number of sulfone groups is 1. The van der Waals surface area contributed by atoms with Gasteiger partial charge in [0.1, 0.15) is 5.75 Å². The van der Waals surface area contributed by atoms with Crippen LogP contribution in [0.3, 0.4) is 0 Å². The van der Waals surface area contributed by atoms with Crippen molar-refractivity contribution in [3.05, 3.63) is 53.6 Å². The van der Waals surface area contributed by atoms with Crippen molar-refractivity contribution in [2.24, 2.45) is 5.92 Å². The van der Waals surface area contributed by atoms with Crippen molar-refractivity contribution in [1.82, 2.24) is 4.90 Å². The van der Waals surface area contributed by atoms with Crippen LogP contribution in [0.1, 0.15) is 36.4 Å². The molecule has 0 spiro atoms. The molecule has 2 heterocycles. The van der Waals surface area contributed by atoms with Crippen molar-refractivity contribution in [3.8, 4) is 17.2 Å². The number of hydrogen-bond donors (Lipinski definition) is 1. The van der Waals surface area contributed by atoms with Crippen molar-refractivity contribution in [2.45, 2.75) is 25.3 Å². The number of ether oxygens (including phenoxy) is 3. The van der Waals surface area contributed by atoms with Gasteiger partial charge in [-0.2, -0.15) is 0 Å². The number of benzene rings is 2. The number of nitrogens with zero attached hydrogens (tertiary/aromatic N) is 1. The van der Waals surface area contributed by atoms with Crippen molar-refractivity contribution in [2.75, 3.05) is 38.5 Å². The van der Waals surface area contributed by atoms with E-state index in [0.717, 1.165) is 11.1 Å². The van der Waals surface area contributed by atoms with Gasteiger partial charge in [0, 0.05) is 30.8 Å². The van der Waals surface area contributed by atoms with Crippen molar-refractivity contribution in [3.63, 3.8) is 0 Å². The molecule has 0 aromatic heterocycles. The third-order valence-electron chi connectivity index (χ3n) is 6.37. The molecular formula is C24H29NO7S. The normalized spacial score (nSPS) is 22.4. The highest BCUT2D eigenvalue weighted by molar-refractivity contribution is 7.91. The van der Waals surface area contributed by atoms with Gasteiger partial charge in [-0.15, -0.1) is 0 Å². The van der Waals surface area contributed by atoms with Crippen LogP contribution >= 0.6 is 0 Å². The molecule has 0 aliphatic carbocycles. The molecule has 3 atom stereocenters. The van der Waals surface area contributed by atoms with Gasteiger partial charge in [0.15, 0.2) is 21.3 Å². The predicted molar refractivity (Wildman–Crippen MR) is 123 cm³/mol. The SMILES string of the molecule is CCCS(=O)(=O)CCN1C[C@@H](c2ccc3c(c2)OCO3)[C@H](C(=O)O)[C@H]1c1ccc(OC)cc1.